The van der Waals surface area contributed by atoms with Crippen molar-refractivity contribution in [2.75, 3.05) is 7.11 Å². The number of ether oxygens (including phenoxy) is 2. The Morgan fingerprint density at radius 1 is 1.30 bits per heavy atom. The number of carbonyl (C=O) groups is 1. The van der Waals surface area contributed by atoms with E-state index >= 15 is 0 Å². The standard InChI is InChI=1S/C15H23NO4/c1-4-11(16)8-10-6-7-13(19-3)14(9-10)20-12(5-2)15(17)18/h6-7,9,11-12H,4-5,8,16H2,1-3H3,(H,17,18). The lowest BCUT2D eigenvalue weighted by Crippen LogP contribution is -2.26. The first-order valence-electron chi connectivity index (χ1n) is 6.83. The van der Waals surface area contributed by atoms with Gasteiger partial charge in [-0.2, -0.15) is 0 Å². The average Bonchev–Trinajstić information content (AvgIpc) is 2.44. The molecule has 0 fully saturated rings. The smallest absolute Gasteiger partial charge is 0.344 e. The van der Waals surface area contributed by atoms with Gasteiger partial charge in [0, 0.05) is 6.04 Å². The van der Waals surface area contributed by atoms with Gasteiger partial charge < -0.3 is 20.3 Å². The van der Waals surface area contributed by atoms with Crippen LogP contribution in [0, 0.1) is 0 Å². The topological polar surface area (TPSA) is 81.8 Å². The monoisotopic (exact) mass is 281 g/mol. The fourth-order valence-electron chi connectivity index (χ4n) is 1.85. The molecule has 1 rings (SSSR count). The molecule has 20 heavy (non-hydrogen) atoms. The highest BCUT2D eigenvalue weighted by Crippen LogP contribution is 2.30. The highest BCUT2D eigenvalue weighted by molar-refractivity contribution is 5.72. The van der Waals surface area contributed by atoms with Crippen molar-refractivity contribution in [3.8, 4) is 11.5 Å². The molecule has 0 amide bonds. The highest BCUT2D eigenvalue weighted by atomic mass is 16.5. The Balaban J connectivity index is 2.96. The first kappa shape index (κ1) is 16.3. The van der Waals surface area contributed by atoms with Crippen LogP contribution in [0.4, 0.5) is 0 Å². The van der Waals surface area contributed by atoms with Gasteiger partial charge in [-0.25, -0.2) is 4.79 Å². The van der Waals surface area contributed by atoms with Crippen molar-refractivity contribution in [3.05, 3.63) is 23.8 Å². The molecular weight excluding hydrogens is 258 g/mol. The van der Waals surface area contributed by atoms with Crippen molar-refractivity contribution in [3.63, 3.8) is 0 Å². The minimum absolute atomic E-state index is 0.0812. The second-order valence-electron chi connectivity index (χ2n) is 4.71. The maximum Gasteiger partial charge on any atom is 0.344 e. The summed E-state index contributed by atoms with van der Waals surface area (Å²) in [4.78, 5) is 11.1. The Morgan fingerprint density at radius 2 is 2.00 bits per heavy atom. The SMILES string of the molecule is CCC(N)Cc1ccc(OC)c(OC(CC)C(=O)O)c1. The lowest BCUT2D eigenvalue weighted by Gasteiger charge is -2.17. The van der Waals surface area contributed by atoms with Crippen LogP contribution in [-0.2, 0) is 11.2 Å². The zero-order valence-corrected chi connectivity index (χ0v) is 12.3. The third-order valence-electron chi connectivity index (χ3n) is 3.17. The van der Waals surface area contributed by atoms with Crippen LogP contribution in [0.5, 0.6) is 11.5 Å². The van der Waals surface area contributed by atoms with Gasteiger partial charge in [0.1, 0.15) is 0 Å². The molecule has 2 unspecified atom stereocenters. The average molecular weight is 281 g/mol. The molecular formula is C15H23NO4. The third-order valence-corrected chi connectivity index (χ3v) is 3.17. The van der Waals surface area contributed by atoms with E-state index in [1.54, 1.807) is 19.1 Å². The Labute approximate surface area is 119 Å². The number of carboxylic acids is 1. The van der Waals surface area contributed by atoms with Gasteiger partial charge in [0.05, 0.1) is 7.11 Å². The van der Waals surface area contributed by atoms with Gasteiger partial charge in [0.25, 0.3) is 0 Å². The zero-order valence-electron chi connectivity index (χ0n) is 12.3. The molecule has 0 aromatic heterocycles. The van der Waals surface area contributed by atoms with Crippen molar-refractivity contribution >= 4 is 5.97 Å². The predicted molar refractivity (Wildman–Crippen MR) is 77.3 cm³/mol. The molecule has 0 aliphatic rings. The largest absolute Gasteiger partial charge is 0.493 e. The minimum Gasteiger partial charge on any atom is -0.493 e. The molecule has 0 heterocycles. The van der Waals surface area contributed by atoms with Crippen molar-refractivity contribution < 1.29 is 19.4 Å². The van der Waals surface area contributed by atoms with Gasteiger partial charge in [-0.1, -0.05) is 19.9 Å². The molecule has 0 aliphatic carbocycles. The number of benzene rings is 1. The predicted octanol–water partition coefficient (Wildman–Crippen LogP) is 2.22. The summed E-state index contributed by atoms with van der Waals surface area (Å²) < 4.78 is 10.7. The van der Waals surface area contributed by atoms with Crippen molar-refractivity contribution in [2.24, 2.45) is 5.73 Å². The van der Waals surface area contributed by atoms with Gasteiger partial charge in [0.2, 0.25) is 0 Å². The molecule has 112 valence electrons. The molecule has 0 saturated carbocycles. The van der Waals surface area contributed by atoms with E-state index in [2.05, 4.69) is 0 Å². The van der Waals surface area contributed by atoms with E-state index < -0.39 is 12.1 Å². The van der Waals surface area contributed by atoms with E-state index in [1.807, 2.05) is 13.0 Å². The van der Waals surface area contributed by atoms with Gasteiger partial charge >= 0.3 is 5.97 Å². The first-order valence-corrected chi connectivity index (χ1v) is 6.83. The molecule has 0 aliphatic heterocycles. The van der Waals surface area contributed by atoms with Crippen LogP contribution in [0.15, 0.2) is 18.2 Å². The molecule has 5 nitrogen and oxygen atoms in total. The van der Waals surface area contributed by atoms with Crippen molar-refractivity contribution in [1.29, 1.82) is 0 Å². The molecule has 5 heteroatoms. The van der Waals surface area contributed by atoms with E-state index in [-0.39, 0.29) is 6.04 Å². The van der Waals surface area contributed by atoms with Crippen LogP contribution in [0.1, 0.15) is 32.3 Å². The maximum absolute atomic E-state index is 11.1. The fourth-order valence-corrected chi connectivity index (χ4v) is 1.85. The van der Waals surface area contributed by atoms with E-state index in [4.69, 9.17) is 20.3 Å². The Kier molecular flexibility index (Phi) is 6.31. The summed E-state index contributed by atoms with van der Waals surface area (Å²) in [6.07, 6.45) is 1.12. The van der Waals surface area contributed by atoms with Crippen LogP contribution in [0.2, 0.25) is 0 Å². The maximum atomic E-state index is 11.1. The quantitative estimate of drug-likeness (QED) is 0.763. The summed E-state index contributed by atoms with van der Waals surface area (Å²) in [6, 6.07) is 5.59. The zero-order chi connectivity index (χ0) is 15.1. The number of rotatable bonds is 8. The second-order valence-corrected chi connectivity index (χ2v) is 4.71. The number of hydrogen-bond acceptors (Lipinski definition) is 4. The highest BCUT2D eigenvalue weighted by Gasteiger charge is 2.19. The van der Waals surface area contributed by atoms with E-state index in [0.717, 1.165) is 18.4 Å². The van der Waals surface area contributed by atoms with Gasteiger partial charge in [-0.05, 0) is 37.0 Å². The molecule has 1 aromatic carbocycles. The van der Waals surface area contributed by atoms with Gasteiger partial charge in [0.15, 0.2) is 17.6 Å². The molecule has 2 atom stereocenters. The second kappa shape index (κ2) is 7.75. The number of aliphatic carboxylic acids is 1. The number of carboxylic acid groups (broad SMARTS) is 1. The Hall–Kier alpha value is -1.75. The van der Waals surface area contributed by atoms with E-state index in [1.165, 1.54) is 7.11 Å². The summed E-state index contributed by atoms with van der Waals surface area (Å²) in [7, 11) is 1.53. The minimum atomic E-state index is -0.981. The summed E-state index contributed by atoms with van der Waals surface area (Å²) >= 11 is 0. The summed E-state index contributed by atoms with van der Waals surface area (Å²) in [5.41, 5.74) is 6.94. The molecule has 1 aromatic rings. The van der Waals surface area contributed by atoms with Gasteiger partial charge in [-0.3, -0.25) is 0 Å². The van der Waals surface area contributed by atoms with E-state index in [9.17, 15) is 4.79 Å². The Bertz CT molecular complexity index is 447. The third kappa shape index (κ3) is 4.42. The summed E-state index contributed by atoms with van der Waals surface area (Å²) in [5, 5.41) is 9.07. The normalized spacial score (nSPS) is 13.6. The lowest BCUT2D eigenvalue weighted by atomic mass is 10.0. The van der Waals surface area contributed by atoms with E-state index in [0.29, 0.717) is 17.9 Å². The van der Waals surface area contributed by atoms with Crippen molar-refractivity contribution in [1.82, 2.24) is 0 Å². The van der Waals surface area contributed by atoms with Crippen LogP contribution >= 0.6 is 0 Å². The van der Waals surface area contributed by atoms with Crippen LogP contribution < -0.4 is 15.2 Å². The van der Waals surface area contributed by atoms with Gasteiger partial charge in [-0.15, -0.1) is 0 Å². The molecule has 0 radical (unpaired) electrons. The van der Waals surface area contributed by atoms with Crippen LogP contribution in [0.3, 0.4) is 0 Å². The Morgan fingerprint density at radius 3 is 2.50 bits per heavy atom. The van der Waals surface area contributed by atoms with Crippen molar-refractivity contribution in [2.45, 2.75) is 45.3 Å². The number of hydrogen-bond donors (Lipinski definition) is 2. The van der Waals surface area contributed by atoms with Crippen LogP contribution in [-0.4, -0.2) is 30.3 Å². The van der Waals surface area contributed by atoms with Crippen LogP contribution in [0.25, 0.3) is 0 Å². The molecule has 0 spiro atoms. The molecule has 0 saturated heterocycles. The molecule has 0 bridgehead atoms. The number of nitrogens with two attached hydrogens (primary N) is 1. The number of methoxy groups -OCH3 is 1. The summed E-state index contributed by atoms with van der Waals surface area (Å²) in [6.45, 7) is 3.80. The molecule has 3 N–H and O–H groups in total. The first-order chi connectivity index (χ1) is 9.51. The fraction of sp³-hybridized carbons (Fsp3) is 0.533. The lowest BCUT2D eigenvalue weighted by molar-refractivity contribution is -0.145. The summed E-state index contributed by atoms with van der Waals surface area (Å²) in [5.74, 6) is -0.00807.